The van der Waals surface area contributed by atoms with Gasteiger partial charge in [0.15, 0.2) is 0 Å². The summed E-state index contributed by atoms with van der Waals surface area (Å²) >= 11 is 0. The fourth-order valence-corrected chi connectivity index (χ4v) is 3.56. The monoisotopic (exact) mass is 334 g/mol. The highest BCUT2D eigenvalue weighted by atomic mass is 16.5. The van der Waals surface area contributed by atoms with Gasteiger partial charge in [-0.05, 0) is 37.8 Å². The van der Waals surface area contributed by atoms with Gasteiger partial charge in [0.2, 0.25) is 5.91 Å². The Morgan fingerprint density at radius 1 is 1.33 bits per heavy atom. The van der Waals surface area contributed by atoms with E-state index in [-0.39, 0.29) is 11.5 Å². The predicted molar refractivity (Wildman–Crippen MR) is 85.8 cm³/mol. The summed E-state index contributed by atoms with van der Waals surface area (Å²) in [6, 6.07) is 1.71. The number of carbonyl (C=O) groups is 2. The standard InChI is InChI=1S/C17H22N2O5/c1-10-8-12(11-4-7-23-9-11)24-15(21)13(10)14(20)19-17(16(18)22)5-2-3-6-17/h8,11H,2-7,9H2,1H3,(H2,18,22)(H,19,20). The van der Waals surface area contributed by atoms with E-state index < -0.39 is 23.0 Å². The summed E-state index contributed by atoms with van der Waals surface area (Å²) in [7, 11) is 0. The molecule has 1 aromatic heterocycles. The summed E-state index contributed by atoms with van der Waals surface area (Å²) in [5.74, 6) is -0.580. The number of nitrogens with one attached hydrogen (secondary N) is 1. The van der Waals surface area contributed by atoms with Crippen LogP contribution in [0, 0.1) is 6.92 Å². The molecule has 2 amide bonds. The molecule has 3 rings (SSSR count). The number of rotatable bonds is 4. The van der Waals surface area contributed by atoms with Crippen molar-refractivity contribution in [2.24, 2.45) is 5.73 Å². The van der Waals surface area contributed by atoms with Gasteiger partial charge >= 0.3 is 5.63 Å². The molecule has 1 unspecified atom stereocenters. The lowest BCUT2D eigenvalue weighted by molar-refractivity contribution is -0.123. The van der Waals surface area contributed by atoms with E-state index in [0.29, 0.717) is 37.4 Å². The summed E-state index contributed by atoms with van der Waals surface area (Å²) in [4.78, 5) is 36.7. The molecule has 130 valence electrons. The van der Waals surface area contributed by atoms with E-state index in [1.54, 1.807) is 13.0 Å². The molecule has 0 spiro atoms. The van der Waals surface area contributed by atoms with E-state index in [1.807, 2.05) is 0 Å². The Hall–Kier alpha value is -2.15. The molecule has 2 aliphatic rings. The van der Waals surface area contributed by atoms with Crippen LogP contribution in [0.25, 0.3) is 0 Å². The largest absolute Gasteiger partial charge is 0.427 e. The first-order valence-electron chi connectivity index (χ1n) is 8.28. The number of hydrogen-bond acceptors (Lipinski definition) is 5. The molecule has 1 atom stereocenters. The lowest BCUT2D eigenvalue weighted by atomic mass is 9.95. The molecule has 1 aromatic rings. The normalized spacial score (nSPS) is 22.5. The number of nitrogens with two attached hydrogens (primary N) is 1. The highest BCUT2D eigenvalue weighted by molar-refractivity contribution is 5.99. The van der Waals surface area contributed by atoms with Crippen LogP contribution in [0.5, 0.6) is 0 Å². The third-order valence-electron chi connectivity index (χ3n) is 5.01. The fraction of sp³-hybridized carbons (Fsp3) is 0.588. The van der Waals surface area contributed by atoms with Crippen molar-refractivity contribution in [1.82, 2.24) is 5.32 Å². The van der Waals surface area contributed by atoms with Crippen LogP contribution >= 0.6 is 0 Å². The van der Waals surface area contributed by atoms with Crippen molar-refractivity contribution < 1.29 is 18.7 Å². The van der Waals surface area contributed by atoms with Crippen LogP contribution in [0.3, 0.4) is 0 Å². The smallest absolute Gasteiger partial charge is 0.349 e. The van der Waals surface area contributed by atoms with Gasteiger partial charge in [0, 0.05) is 12.5 Å². The Morgan fingerprint density at radius 3 is 2.58 bits per heavy atom. The van der Waals surface area contributed by atoms with Crippen molar-refractivity contribution in [3.63, 3.8) is 0 Å². The van der Waals surface area contributed by atoms with Gasteiger partial charge in [0.05, 0.1) is 6.61 Å². The van der Waals surface area contributed by atoms with E-state index in [2.05, 4.69) is 5.32 Å². The van der Waals surface area contributed by atoms with Crippen molar-refractivity contribution >= 4 is 11.8 Å². The number of aryl methyl sites for hydroxylation is 1. The number of hydrogen-bond donors (Lipinski definition) is 2. The molecule has 3 N–H and O–H groups in total. The van der Waals surface area contributed by atoms with Gasteiger partial charge in [-0.2, -0.15) is 0 Å². The molecule has 1 saturated carbocycles. The van der Waals surface area contributed by atoms with Crippen LogP contribution in [0.1, 0.15) is 59.7 Å². The summed E-state index contributed by atoms with van der Waals surface area (Å²) < 4.78 is 10.6. The molecular weight excluding hydrogens is 312 g/mol. The SMILES string of the molecule is Cc1cc(C2CCOC2)oc(=O)c1C(=O)NC1(C(N)=O)CCCC1. The molecule has 7 heteroatoms. The maximum absolute atomic E-state index is 12.6. The van der Waals surface area contributed by atoms with Crippen LogP contribution in [0.15, 0.2) is 15.3 Å². The third kappa shape index (κ3) is 2.96. The van der Waals surface area contributed by atoms with Crippen LogP contribution in [0.2, 0.25) is 0 Å². The molecule has 24 heavy (non-hydrogen) atoms. The minimum atomic E-state index is -1.06. The molecule has 0 bridgehead atoms. The first-order valence-corrected chi connectivity index (χ1v) is 8.28. The topological polar surface area (TPSA) is 112 Å². The summed E-state index contributed by atoms with van der Waals surface area (Å²) in [6.45, 7) is 2.84. The van der Waals surface area contributed by atoms with E-state index in [1.165, 1.54) is 0 Å². The van der Waals surface area contributed by atoms with Crippen LogP contribution in [-0.4, -0.2) is 30.6 Å². The second-order valence-electron chi connectivity index (χ2n) is 6.66. The van der Waals surface area contributed by atoms with E-state index in [4.69, 9.17) is 14.9 Å². The van der Waals surface area contributed by atoms with Crippen LogP contribution in [-0.2, 0) is 9.53 Å². The summed E-state index contributed by atoms with van der Waals surface area (Å²) in [5, 5.41) is 2.68. The lowest BCUT2D eigenvalue weighted by Gasteiger charge is -2.26. The number of carbonyl (C=O) groups excluding carboxylic acids is 2. The second kappa shape index (κ2) is 6.39. The van der Waals surface area contributed by atoms with Gasteiger partial charge in [-0.3, -0.25) is 9.59 Å². The van der Waals surface area contributed by atoms with Crippen molar-refractivity contribution in [3.05, 3.63) is 33.4 Å². The molecule has 0 aromatic carbocycles. The third-order valence-corrected chi connectivity index (χ3v) is 5.01. The molecule has 1 aliphatic carbocycles. The molecular formula is C17H22N2O5. The number of amides is 2. The zero-order valence-corrected chi connectivity index (χ0v) is 13.7. The van der Waals surface area contributed by atoms with Crippen LogP contribution < -0.4 is 16.7 Å². The van der Waals surface area contributed by atoms with E-state index >= 15 is 0 Å². The quantitative estimate of drug-likeness (QED) is 0.852. The zero-order valence-electron chi connectivity index (χ0n) is 13.7. The van der Waals surface area contributed by atoms with Crippen molar-refractivity contribution in [2.75, 3.05) is 13.2 Å². The Bertz CT molecular complexity index is 712. The van der Waals surface area contributed by atoms with Gasteiger partial charge in [0.25, 0.3) is 5.91 Å². The molecule has 7 nitrogen and oxygen atoms in total. The highest BCUT2D eigenvalue weighted by Crippen LogP contribution is 2.30. The zero-order chi connectivity index (χ0) is 17.3. The Labute approximate surface area is 139 Å². The predicted octanol–water partition coefficient (Wildman–Crippen LogP) is 0.980. The molecule has 1 saturated heterocycles. The summed E-state index contributed by atoms with van der Waals surface area (Å²) in [5.41, 5.74) is 4.19. The maximum Gasteiger partial charge on any atom is 0.349 e. The minimum Gasteiger partial charge on any atom is -0.427 e. The van der Waals surface area contributed by atoms with Gasteiger partial charge < -0.3 is 20.2 Å². The molecule has 0 radical (unpaired) electrons. The van der Waals surface area contributed by atoms with E-state index in [0.717, 1.165) is 19.3 Å². The van der Waals surface area contributed by atoms with Crippen LogP contribution in [0.4, 0.5) is 0 Å². The molecule has 1 aliphatic heterocycles. The molecule has 2 fully saturated rings. The lowest BCUT2D eigenvalue weighted by Crippen LogP contribution is -2.56. The van der Waals surface area contributed by atoms with Gasteiger partial charge in [-0.1, -0.05) is 12.8 Å². The van der Waals surface area contributed by atoms with Crippen molar-refractivity contribution in [3.8, 4) is 0 Å². The van der Waals surface area contributed by atoms with Crippen molar-refractivity contribution in [1.29, 1.82) is 0 Å². The Balaban J connectivity index is 1.87. The number of primary amides is 1. The first-order chi connectivity index (χ1) is 11.4. The maximum atomic E-state index is 12.6. The fourth-order valence-electron chi connectivity index (χ4n) is 3.56. The minimum absolute atomic E-state index is 0.0419. The Morgan fingerprint density at radius 2 is 2.04 bits per heavy atom. The molecule has 2 heterocycles. The summed E-state index contributed by atoms with van der Waals surface area (Å²) in [6.07, 6.45) is 3.42. The van der Waals surface area contributed by atoms with Gasteiger partial charge in [0.1, 0.15) is 16.9 Å². The van der Waals surface area contributed by atoms with Gasteiger partial charge in [-0.15, -0.1) is 0 Å². The van der Waals surface area contributed by atoms with E-state index in [9.17, 15) is 14.4 Å². The average molecular weight is 334 g/mol. The number of ether oxygens (including phenoxy) is 1. The second-order valence-corrected chi connectivity index (χ2v) is 6.66. The Kier molecular flexibility index (Phi) is 4.45. The van der Waals surface area contributed by atoms with Crippen molar-refractivity contribution in [2.45, 2.75) is 50.5 Å². The average Bonchev–Trinajstić information content (AvgIpc) is 3.18. The highest BCUT2D eigenvalue weighted by Gasteiger charge is 2.41. The van der Waals surface area contributed by atoms with Gasteiger partial charge in [-0.25, -0.2) is 4.79 Å². The first kappa shape index (κ1) is 16.7.